The second-order valence-electron chi connectivity index (χ2n) is 3.76. The molecule has 0 bridgehead atoms. The van der Waals surface area contributed by atoms with Crippen LogP contribution < -0.4 is 0 Å². The van der Waals surface area contributed by atoms with Crippen molar-refractivity contribution in [2.45, 2.75) is 13.0 Å². The molecule has 0 spiro atoms. The summed E-state index contributed by atoms with van der Waals surface area (Å²) in [4.78, 5) is 11.7. The molecule has 1 aromatic carbocycles. The van der Waals surface area contributed by atoms with E-state index in [1.807, 2.05) is 53.2 Å². The molecule has 1 aromatic heterocycles. The van der Waals surface area contributed by atoms with Crippen molar-refractivity contribution >= 4 is 5.78 Å². The highest BCUT2D eigenvalue weighted by Gasteiger charge is 2.10. The molecular weight excluding hydrogens is 212 g/mol. The number of carbonyl (C=O) groups excluding carboxylic acids is 1. The van der Waals surface area contributed by atoms with Gasteiger partial charge >= 0.3 is 0 Å². The van der Waals surface area contributed by atoms with Crippen LogP contribution in [-0.4, -0.2) is 10.4 Å². The molecule has 2 aromatic rings. The Bertz CT molecular complexity index is 549. The van der Waals surface area contributed by atoms with E-state index in [4.69, 9.17) is 5.26 Å². The number of hydrogen-bond acceptors (Lipinski definition) is 2. The fourth-order valence-electron chi connectivity index (χ4n) is 1.75. The Morgan fingerprint density at radius 3 is 2.65 bits per heavy atom. The summed E-state index contributed by atoms with van der Waals surface area (Å²) in [5.74, 6) is -0.131. The lowest BCUT2D eigenvalue weighted by Gasteiger charge is -2.07. The van der Waals surface area contributed by atoms with Crippen LogP contribution in [0.2, 0.25) is 0 Å². The summed E-state index contributed by atoms with van der Waals surface area (Å²) in [7, 11) is 0. The molecule has 0 amide bonds. The highest BCUT2D eigenvalue weighted by atomic mass is 16.1. The number of benzene rings is 1. The summed E-state index contributed by atoms with van der Waals surface area (Å²) in [5, 5.41) is 8.54. The third-order valence-electron chi connectivity index (χ3n) is 2.55. The van der Waals surface area contributed by atoms with Crippen molar-refractivity contribution in [3.05, 3.63) is 59.9 Å². The average Bonchev–Trinajstić information content (AvgIpc) is 2.79. The van der Waals surface area contributed by atoms with E-state index in [0.29, 0.717) is 12.2 Å². The molecule has 0 unspecified atom stereocenters. The van der Waals surface area contributed by atoms with Crippen molar-refractivity contribution in [2.75, 3.05) is 0 Å². The van der Waals surface area contributed by atoms with Crippen molar-refractivity contribution in [1.29, 1.82) is 5.26 Å². The molecule has 0 aliphatic heterocycles. The molecule has 17 heavy (non-hydrogen) atoms. The number of nitriles is 1. The highest BCUT2D eigenvalue weighted by Crippen LogP contribution is 2.09. The zero-order valence-electron chi connectivity index (χ0n) is 9.34. The van der Waals surface area contributed by atoms with E-state index in [9.17, 15) is 4.79 Å². The Hall–Kier alpha value is -2.34. The first-order valence-corrected chi connectivity index (χ1v) is 5.40. The summed E-state index contributed by atoms with van der Waals surface area (Å²) in [5.41, 5.74) is 1.73. The molecular formula is C14H12N2O. The Labute approximate surface area is 99.9 Å². The number of aromatic nitrogens is 1. The molecule has 3 heteroatoms. The van der Waals surface area contributed by atoms with Crippen LogP contribution >= 0.6 is 0 Å². The molecule has 1 heterocycles. The summed E-state index contributed by atoms with van der Waals surface area (Å²) < 4.78 is 1.87. The molecule has 0 aliphatic rings. The summed E-state index contributed by atoms with van der Waals surface area (Å²) >= 11 is 0. The van der Waals surface area contributed by atoms with Gasteiger partial charge in [0.2, 0.25) is 0 Å². The standard InChI is InChI=1S/C14H12N2O/c15-9-8-14(17)13-7-4-10-16(13)11-12-5-2-1-3-6-12/h1-7,10H,8,11H2. The highest BCUT2D eigenvalue weighted by molar-refractivity contribution is 5.96. The molecule has 3 nitrogen and oxygen atoms in total. The largest absolute Gasteiger partial charge is 0.341 e. The number of hydrogen-bond donors (Lipinski definition) is 0. The van der Waals surface area contributed by atoms with Gasteiger partial charge < -0.3 is 4.57 Å². The number of rotatable bonds is 4. The van der Waals surface area contributed by atoms with Gasteiger partial charge in [0, 0.05) is 12.7 Å². The molecule has 0 fully saturated rings. The monoisotopic (exact) mass is 224 g/mol. The van der Waals surface area contributed by atoms with E-state index in [-0.39, 0.29) is 12.2 Å². The third-order valence-corrected chi connectivity index (χ3v) is 2.55. The van der Waals surface area contributed by atoms with Crippen LogP contribution in [-0.2, 0) is 6.54 Å². The molecule has 2 rings (SSSR count). The van der Waals surface area contributed by atoms with Crippen molar-refractivity contribution in [3.63, 3.8) is 0 Å². The van der Waals surface area contributed by atoms with Crippen LogP contribution in [0, 0.1) is 11.3 Å². The van der Waals surface area contributed by atoms with Gasteiger partial charge in [-0.15, -0.1) is 0 Å². The number of carbonyl (C=O) groups is 1. The van der Waals surface area contributed by atoms with Crippen molar-refractivity contribution in [1.82, 2.24) is 4.57 Å². The van der Waals surface area contributed by atoms with Crippen LogP contribution in [0.1, 0.15) is 22.5 Å². The van der Waals surface area contributed by atoms with E-state index < -0.39 is 0 Å². The summed E-state index contributed by atoms with van der Waals surface area (Å²) in [6, 6.07) is 15.4. The topological polar surface area (TPSA) is 45.8 Å². The van der Waals surface area contributed by atoms with E-state index in [1.54, 1.807) is 6.07 Å². The van der Waals surface area contributed by atoms with Gasteiger partial charge in [-0.3, -0.25) is 4.79 Å². The van der Waals surface area contributed by atoms with Gasteiger partial charge in [0.1, 0.15) is 6.42 Å². The SMILES string of the molecule is N#CCC(=O)c1cccn1Cc1ccccc1. The lowest BCUT2D eigenvalue weighted by molar-refractivity contribution is 0.0989. The zero-order valence-corrected chi connectivity index (χ0v) is 9.34. The van der Waals surface area contributed by atoms with Crippen LogP contribution in [0.15, 0.2) is 48.7 Å². The lowest BCUT2D eigenvalue weighted by atomic mass is 10.2. The van der Waals surface area contributed by atoms with Gasteiger partial charge in [-0.1, -0.05) is 30.3 Å². The minimum absolute atomic E-state index is 0.0706. The minimum atomic E-state index is -0.131. The zero-order chi connectivity index (χ0) is 12.1. The normalized spacial score (nSPS) is 9.82. The first kappa shape index (κ1) is 11.2. The number of Topliss-reactive ketones (excluding diaryl/α,β-unsaturated/α-hetero) is 1. The second kappa shape index (κ2) is 5.13. The van der Waals surface area contributed by atoms with Gasteiger partial charge in [-0.25, -0.2) is 0 Å². The minimum Gasteiger partial charge on any atom is -0.341 e. The number of ketones is 1. The van der Waals surface area contributed by atoms with E-state index >= 15 is 0 Å². The quantitative estimate of drug-likeness (QED) is 0.749. The van der Waals surface area contributed by atoms with Crippen molar-refractivity contribution in [2.24, 2.45) is 0 Å². The Balaban J connectivity index is 2.21. The Kier molecular flexibility index (Phi) is 3.37. The van der Waals surface area contributed by atoms with Gasteiger partial charge in [-0.05, 0) is 17.7 Å². The molecule has 0 N–H and O–H groups in total. The molecule has 0 saturated carbocycles. The van der Waals surface area contributed by atoms with Gasteiger partial charge in [0.15, 0.2) is 5.78 Å². The molecule has 0 atom stereocenters. The van der Waals surface area contributed by atoms with Crippen LogP contribution in [0.4, 0.5) is 0 Å². The molecule has 84 valence electrons. The van der Waals surface area contributed by atoms with Crippen LogP contribution in [0.25, 0.3) is 0 Å². The van der Waals surface area contributed by atoms with Crippen molar-refractivity contribution in [3.8, 4) is 6.07 Å². The van der Waals surface area contributed by atoms with Crippen LogP contribution in [0.3, 0.4) is 0 Å². The Morgan fingerprint density at radius 1 is 1.18 bits per heavy atom. The Morgan fingerprint density at radius 2 is 1.94 bits per heavy atom. The first-order chi connectivity index (χ1) is 8.31. The maximum Gasteiger partial charge on any atom is 0.193 e. The fourth-order valence-corrected chi connectivity index (χ4v) is 1.75. The third kappa shape index (κ3) is 2.61. The maximum absolute atomic E-state index is 11.7. The fraction of sp³-hybridized carbons (Fsp3) is 0.143. The lowest BCUT2D eigenvalue weighted by Crippen LogP contribution is -2.08. The predicted molar refractivity (Wildman–Crippen MR) is 64.5 cm³/mol. The van der Waals surface area contributed by atoms with E-state index in [2.05, 4.69) is 0 Å². The van der Waals surface area contributed by atoms with E-state index in [0.717, 1.165) is 5.56 Å². The van der Waals surface area contributed by atoms with Gasteiger partial charge in [-0.2, -0.15) is 5.26 Å². The molecule has 0 radical (unpaired) electrons. The molecule has 0 aliphatic carbocycles. The van der Waals surface area contributed by atoms with Crippen molar-refractivity contribution < 1.29 is 4.79 Å². The summed E-state index contributed by atoms with van der Waals surface area (Å²) in [6.45, 7) is 0.653. The number of nitrogens with zero attached hydrogens (tertiary/aromatic N) is 2. The maximum atomic E-state index is 11.7. The smallest absolute Gasteiger partial charge is 0.193 e. The first-order valence-electron chi connectivity index (χ1n) is 5.40. The average molecular weight is 224 g/mol. The summed E-state index contributed by atoms with van der Waals surface area (Å²) in [6.07, 6.45) is 1.79. The van der Waals surface area contributed by atoms with Gasteiger partial charge in [0.25, 0.3) is 0 Å². The predicted octanol–water partition coefficient (Wildman–Crippen LogP) is 2.63. The van der Waals surface area contributed by atoms with Crippen LogP contribution in [0.5, 0.6) is 0 Å². The second-order valence-corrected chi connectivity index (χ2v) is 3.76. The van der Waals surface area contributed by atoms with Gasteiger partial charge in [0.05, 0.1) is 11.8 Å². The molecule has 0 saturated heterocycles. The van der Waals surface area contributed by atoms with E-state index in [1.165, 1.54) is 0 Å².